The number of hydrogen-bond donors (Lipinski definition) is 1. The third-order valence-electron chi connectivity index (χ3n) is 3.45. The van der Waals surface area contributed by atoms with Crippen molar-refractivity contribution in [2.24, 2.45) is 7.05 Å². The molecule has 0 radical (unpaired) electrons. The van der Waals surface area contributed by atoms with Crippen molar-refractivity contribution in [3.63, 3.8) is 0 Å². The van der Waals surface area contributed by atoms with Crippen LogP contribution < -0.4 is 10.9 Å². The Balaban J connectivity index is 1.93. The number of hydrogen-bond acceptors (Lipinski definition) is 5. The molecule has 0 amide bonds. The number of nitrogens with zero attached hydrogens (tertiary/aromatic N) is 5. The van der Waals surface area contributed by atoms with E-state index >= 15 is 0 Å². The van der Waals surface area contributed by atoms with Crippen LogP contribution in [0.4, 0.5) is 5.69 Å². The Morgan fingerprint density at radius 2 is 2.04 bits per heavy atom. The fourth-order valence-corrected chi connectivity index (χ4v) is 2.46. The Hall–Kier alpha value is -2.67. The smallest absolute Gasteiger partial charge is 0.287 e. The predicted octanol–water partition coefficient (Wildman–Crippen LogP) is 1.88. The molecule has 0 aliphatic rings. The summed E-state index contributed by atoms with van der Waals surface area (Å²) in [6, 6.07) is 9.71. The zero-order valence-electron chi connectivity index (χ0n) is 12.4. The average Bonchev–Trinajstić information content (AvgIpc) is 3.08. The van der Waals surface area contributed by atoms with Crippen LogP contribution in [0.2, 0.25) is 5.02 Å². The first-order valence-corrected chi connectivity index (χ1v) is 7.38. The van der Waals surface area contributed by atoms with Crippen LogP contribution in [0, 0.1) is 0 Å². The lowest BCUT2D eigenvalue weighted by Gasteiger charge is -2.20. The largest absolute Gasteiger partial charge is 0.374 e. The molecular formula is C15H15ClN6O. The lowest BCUT2D eigenvalue weighted by Crippen LogP contribution is -2.24. The van der Waals surface area contributed by atoms with E-state index in [9.17, 15) is 4.79 Å². The summed E-state index contributed by atoms with van der Waals surface area (Å²) in [6.45, 7) is 0.537. The number of aryl methyl sites for hydroxylation is 1. The Labute approximate surface area is 137 Å². The monoisotopic (exact) mass is 330 g/mol. The maximum absolute atomic E-state index is 11.9. The van der Waals surface area contributed by atoms with E-state index in [1.54, 1.807) is 24.3 Å². The summed E-state index contributed by atoms with van der Waals surface area (Å²) in [5.41, 5.74) is 1.19. The topological polar surface area (TPSA) is 77.6 Å². The molecule has 0 bridgehead atoms. The molecule has 3 rings (SSSR count). The van der Waals surface area contributed by atoms with Crippen molar-refractivity contribution in [3.8, 4) is 0 Å². The SMILES string of the molecule is Cn1ncc(N[C@@H](Cn2cncn2)c2ccccc2)c(Cl)c1=O. The van der Waals surface area contributed by atoms with E-state index in [0.29, 0.717) is 12.2 Å². The molecule has 3 aromatic rings. The molecule has 8 heteroatoms. The first-order chi connectivity index (χ1) is 11.1. The zero-order valence-corrected chi connectivity index (χ0v) is 13.2. The molecule has 1 atom stereocenters. The third-order valence-corrected chi connectivity index (χ3v) is 3.81. The number of halogens is 1. The van der Waals surface area contributed by atoms with E-state index in [-0.39, 0.29) is 16.6 Å². The number of aromatic nitrogens is 5. The highest BCUT2D eigenvalue weighted by atomic mass is 35.5. The van der Waals surface area contributed by atoms with Crippen LogP contribution in [-0.2, 0) is 13.6 Å². The summed E-state index contributed by atoms with van der Waals surface area (Å²) < 4.78 is 2.91. The Morgan fingerprint density at radius 1 is 1.26 bits per heavy atom. The van der Waals surface area contributed by atoms with Gasteiger partial charge in [-0.15, -0.1) is 0 Å². The molecule has 2 heterocycles. The molecule has 0 unspecified atom stereocenters. The van der Waals surface area contributed by atoms with Crippen LogP contribution in [0.1, 0.15) is 11.6 Å². The van der Waals surface area contributed by atoms with Crippen molar-refractivity contribution >= 4 is 17.3 Å². The van der Waals surface area contributed by atoms with Crippen molar-refractivity contribution in [2.75, 3.05) is 5.32 Å². The van der Waals surface area contributed by atoms with Crippen molar-refractivity contribution in [2.45, 2.75) is 12.6 Å². The molecule has 23 heavy (non-hydrogen) atoms. The molecule has 0 aliphatic carbocycles. The van der Waals surface area contributed by atoms with Crippen LogP contribution >= 0.6 is 11.6 Å². The first kappa shape index (κ1) is 15.2. The van der Waals surface area contributed by atoms with Crippen LogP contribution in [0.5, 0.6) is 0 Å². The van der Waals surface area contributed by atoms with Gasteiger partial charge in [-0.2, -0.15) is 10.2 Å². The Bertz CT molecular complexity index is 831. The van der Waals surface area contributed by atoms with Gasteiger partial charge < -0.3 is 5.32 Å². The minimum Gasteiger partial charge on any atom is -0.374 e. The van der Waals surface area contributed by atoms with Gasteiger partial charge in [0.25, 0.3) is 5.56 Å². The second kappa shape index (κ2) is 6.62. The van der Waals surface area contributed by atoms with Gasteiger partial charge >= 0.3 is 0 Å². The fourth-order valence-electron chi connectivity index (χ4n) is 2.23. The Kier molecular flexibility index (Phi) is 4.38. The maximum Gasteiger partial charge on any atom is 0.287 e. The standard InChI is InChI=1S/C15H15ClN6O/c1-21-15(23)14(16)12(7-18-21)20-13(8-22-10-17-9-19-22)11-5-3-2-4-6-11/h2-7,9-10,13,20H,8H2,1H3/t13-/m0/s1. The number of anilines is 1. The van der Waals surface area contributed by atoms with E-state index in [1.165, 1.54) is 11.0 Å². The lowest BCUT2D eigenvalue weighted by atomic mass is 10.1. The summed E-state index contributed by atoms with van der Waals surface area (Å²) in [5.74, 6) is 0. The molecule has 0 spiro atoms. The van der Waals surface area contributed by atoms with Gasteiger partial charge in [-0.1, -0.05) is 41.9 Å². The minimum atomic E-state index is -0.343. The molecule has 0 fully saturated rings. The van der Waals surface area contributed by atoms with Gasteiger partial charge in [-0.25, -0.2) is 9.67 Å². The van der Waals surface area contributed by atoms with Crippen LogP contribution in [-0.4, -0.2) is 24.5 Å². The van der Waals surface area contributed by atoms with Crippen LogP contribution in [0.3, 0.4) is 0 Å². The summed E-state index contributed by atoms with van der Waals surface area (Å²) in [6.07, 6.45) is 4.66. The van der Waals surface area contributed by atoms with E-state index < -0.39 is 0 Å². The molecule has 0 aliphatic heterocycles. The minimum absolute atomic E-state index is 0.113. The van der Waals surface area contributed by atoms with Gasteiger partial charge in [0.2, 0.25) is 0 Å². The quantitative estimate of drug-likeness (QED) is 0.773. The third kappa shape index (κ3) is 3.40. The molecule has 7 nitrogen and oxygen atoms in total. The molecular weight excluding hydrogens is 316 g/mol. The first-order valence-electron chi connectivity index (χ1n) is 7.01. The maximum atomic E-state index is 11.9. The highest BCUT2D eigenvalue weighted by Crippen LogP contribution is 2.24. The summed E-state index contributed by atoms with van der Waals surface area (Å²) in [7, 11) is 1.56. The molecule has 1 aromatic carbocycles. The van der Waals surface area contributed by atoms with Crippen LogP contribution in [0.25, 0.3) is 0 Å². The molecule has 118 valence electrons. The van der Waals surface area contributed by atoms with Gasteiger partial charge in [0, 0.05) is 7.05 Å². The van der Waals surface area contributed by atoms with Crippen molar-refractivity contribution in [1.82, 2.24) is 24.5 Å². The average molecular weight is 331 g/mol. The molecule has 1 N–H and O–H groups in total. The fraction of sp³-hybridized carbons (Fsp3) is 0.200. The van der Waals surface area contributed by atoms with Crippen molar-refractivity contribution < 1.29 is 0 Å². The predicted molar refractivity (Wildman–Crippen MR) is 87.3 cm³/mol. The van der Waals surface area contributed by atoms with Gasteiger partial charge in [-0.05, 0) is 5.56 Å². The van der Waals surface area contributed by atoms with Gasteiger partial charge in [0.05, 0.1) is 24.5 Å². The number of rotatable bonds is 5. The van der Waals surface area contributed by atoms with E-state index in [0.717, 1.165) is 5.56 Å². The van der Waals surface area contributed by atoms with Gasteiger partial charge in [0.1, 0.15) is 17.7 Å². The van der Waals surface area contributed by atoms with E-state index in [1.807, 2.05) is 30.3 Å². The molecule has 0 saturated carbocycles. The summed E-state index contributed by atoms with van der Waals surface area (Å²) in [4.78, 5) is 15.9. The number of nitrogens with one attached hydrogen (secondary N) is 1. The van der Waals surface area contributed by atoms with Crippen molar-refractivity contribution in [3.05, 3.63) is 70.1 Å². The second-order valence-electron chi connectivity index (χ2n) is 5.03. The van der Waals surface area contributed by atoms with E-state index in [2.05, 4.69) is 20.5 Å². The number of benzene rings is 1. The normalized spacial score (nSPS) is 12.1. The highest BCUT2D eigenvalue weighted by molar-refractivity contribution is 6.32. The van der Waals surface area contributed by atoms with Gasteiger partial charge in [0.15, 0.2) is 0 Å². The van der Waals surface area contributed by atoms with Crippen LogP contribution in [0.15, 0.2) is 54.0 Å². The van der Waals surface area contributed by atoms with Crippen molar-refractivity contribution in [1.29, 1.82) is 0 Å². The molecule has 2 aromatic heterocycles. The zero-order chi connectivity index (χ0) is 16.2. The van der Waals surface area contributed by atoms with Gasteiger partial charge in [-0.3, -0.25) is 9.48 Å². The van der Waals surface area contributed by atoms with E-state index in [4.69, 9.17) is 11.6 Å². The summed E-state index contributed by atoms with van der Waals surface area (Å²) in [5, 5.41) is 11.5. The summed E-state index contributed by atoms with van der Waals surface area (Å²) >= 11 is 6.14. The highest BCUT2D eigenvalue weighted by Gasteiger charge is 2.16. The Morgan fingerprint density at radius 3 is 2.74 bits per heavy atom. The molecule has 0 saturated heterocycles. The second-order valence-corrected chi connectivity index (χ2v) is 5.40. The lowest BCUT2D eigenvalue weighted by molar-refractivity contribution is 0.549.